The Labute approximate surface area is 128 Å². The first-order chi connectivity index (χ1) is 8.63. The molecule has 2 aliphatic rings. The number of thioether (sulfide) groups is 1. The van der Waals surface area contributed by atoms with E-state index in [-0.39, 0.29) is 12.4 Å². The molecule has 1 aliphatic heterocycles. The molecular weight excluding hydrogens is 303 g/mol. The normalized spacial score (nSPS) is 30.2. The Balaban J connectivity index is 0.00000133. The molecule has 1 aromatic carbocycles. The van der Waals surface area contributed by atoms with Gasteiger partial charge < -0.3 is 15.4 Å². The zero-order valence-electron chi connectivity index (χ0n) is 10.7. The molecule has 3 nitrogen and oxygen atoms in total. The van der Waals surface area contributed by atoms with Gasteiger partial charge in [0.1, 0.15) is 0 Å². The lowest BCUT2D eigenvalue weighted by atomic mass is 10.0. The van der Waals surface area contributed by atoms with Gasteiger partial charge in [0.25, 0.3) is 0 Å². The molecule has 1 aliphatic carbocycles. The fourth-order valence-electron chi connectivity index (χ4n) is 3.03. The SMILES string of the molecule is COC12c3ccc(Cl)cc3CC1SC(=CN)N2C.Cl. The van der Waals surface area contributed by atoms with Crippen LogP contribution in [0, 0.1) is 0 Å². The highest BCUT2D eigenvalue weighted by atomic mass is 35.5. The van der Waals surface area contributed by atoms with Crippen LogP contribution < -0.4 is 5.73 Å². The van der Waals surface area contributed by atoms with Crippen molar-refractivity contribution in [1.82, 2.24) is 4.90 Å². The molecular formula is C13H16Cl2N2OS. The van der Waals surface area contributed by atoms with Gasteiger partial charge in [-0.25, -0.2) is 0 Å². The zero-order chi connectivity index (χ0) is 12.9. The summed E-state index contributed by atoms with van der Waals surface area (Å²) in [5.41, 5.74) is 7.75. The number of ether oxygens (including phenoxy) is 1. The number of fused-ring (bicyclic) bond motifs is 3. The fourth-order valence-corrected chi connectivity index (χ4v) is 4.69. The van der Waals surface area contributed by atoms with Gasteiger partial charge in [-0.2, -0.15) is 0 Å². The van der Waals surface area contributed by atoms with E-state index in [1.807, 2.05) is 19.2 Å². The van der Waals surface area contributed by atoms with Crippen LogP contribution in [0.1, 0.15) is 11.1 Å². The van der Waals surface area contributed by atoms with Gasteiger partial charge >= 0.3 is 0 Å². The van der Waals surface area contributed by atoms with E-state index in [1.54, 1.807) is 25.1 Å². The maximum Gasteiger partial charge on any atom is 0.180 e. The summed E-state index contributed by atoms with van der Waals surface area (Å²) in [4.78, 5) is 2.13. The lowest BCUT2D eigenvalue weighted by Gasteiger charge is -2.36. The molecule has 0 aromatic heterocycles. The molecule has 0 bridgehead atoms. The first-order valence-electron chi connectivity index (χ1n) is 5.80. The maximum atomic E-state index is 6.07. The van der Waals surface area contributed by atoms with Gasteiger partial charge in [0.2, 0.25) is 0 Å². The average Bonchev–Trinajstić information content (AvgIpc) is 2.81. The molecule has 3 rings (SSSR count). The Morgan fingerprint density at radius 2 is 2.32 bits per heavy atom. The molecule has 0 radical (unpaired) electrons. The molecule has 0 saturated carbocycles. The summed E-state index contributed by atoms with van der Waals surface area (Å²) in [5, 5.41) is 2.17. The Morgan fingerprint density at radius 3 is 2.95 bits per heavy atom. The van der Waals surface area contributed by atoms with Crippen LogP contribution in [0.2, 0.25) is 5.02 Å². The lowest BCUT2D eigenvalue weighted by Crippen LogP contribution is -2.44. The Morgan fingerprint density at radius 1 is 1.58 bits per heavy atom. The van der Waals surface area contributed by atoms with Crippen LogP contribution >= 0.6 is 35.8 Å². The van der Waals surface area contributed by atoms with Crippen molar-refractivity contribution in [1.29, 1.82) is 0 Å². The number of hydrogen-bond acceptors (Lipinski definition) is 4. The summed E-state index contributed by atoms with van der Waals surface area (Å²) in [6, 6.07) is 6.03. The second-order valence-electron chi connectivity index (χ2n) is 4.58. The molecule has 2 N–H and O–H groups in total. The van der Waals surface area contributed by atoms with Crippen molar-refractivity contribution < 1.29 is 4.74 Å². The van der Waals surface area contributed by atoms with Crippen molar-refractivity contribution >= 4 is 35.8 Å². The van der Waals surface area contributed by atoms with E-state index in [4.69, 9.17) is 22.1 Å². The topological polar surface area (TPSA) is 38.5 Å². The number of benzene rings is 1. The van der Waals surface area contributed by atoms with E-state index in [2.05, 4.69) is 11.0 Å². The number of methoxy groups -OCH3 is 1. The maximum absolute atomic E-state index is 6.07. The monoisotopic (exact) mass is 318 g/mol. The van der Waals surface area contributed by atoms with Crippen molar-refractivity contribution in [3.05, 3.63) is 45.6 Å². The third kappa shape index (κ3) is 1.85. The number of nitrogens with two attached hydrogens (primary N) is 1. The van der Waals surface area contributed by atoms with Gasteiger partial charge in [0, 0.05) is 30.9 Å². The van der Waals surface area contributed by atoms with Crippen LogP contribution in [0.3, 0.4) is 0 Å². The number of rotatable bonds is 1. The van der Waals surface area contributed by atoms with Crippen LogP contribution in [0.25, 0.3) is 0 Å². The summed E-state index contributed by atoms with van der Waals surface area (Å²) in [5.74, 6) is 0. The zero-order valence-corrected chi connectivity index (χ0v) is 13.1. The van der Waals surface area contributed by atoms with E-state index < -0.39 is 5.72 Å². The molecule has 2 atom stereocenters. The van der Waals surface area contributed by atoms with Gasteiger partial charge in [0.15, 0.2) is 5.72 Å². The third-order valence-corrected chi connectivity index (χ3v) is 5.50. The molecule has 1 saturated heterocycles. The first-order valence-corrected chi connectivity index (χ1v) is 7.05. The highest BCUT2D eigenvalue weighted by Gasteiger charge is 2.56. The average molecular weight is 319 g/mol. The minimum absolute atomic E-state index is 0. The lowest BCUT2D eigenvalue weighted by molar-refractivity contribution is -0.0995. The van der Waals surface area contributed by atoms with Crippen molar-refractivity contribution in [2.24, 2.45) is 5.73 Å². The minimum atomic E-state index is -0.407. The number of halogens is 2. The Kier molecular flexibility index (Phi) is 3.98. The highest BCUT2D eigenvalue weighted by molar-refractivity contribution is 8.03. The predicted octanol–water partition coefficient (Wildman–Crippen LogP) is 2.92. The van der Waals surface area contributed by atoms with Crippen molar-refractivity contribution in [3.63, 3.8) is 0 Å². The molecule has 19 heavy (non-hydrogen) atoms. The van der Waals surface area contributed by atoms with Gasteiger partial charge in [0.05, 0.1) is 10.3 Å². The minimum Gasteiger partial charge on any atom is -0.403 e. The van der Waals surface area contributed by atoms with Crippen LogP contribution in [-0.4, -0.2) is 24.3 Å². The summed E-state index contributed by atoms with van der Waals surface area (Å²) >= 11 is 7.84. The van der Waals surface area contributed by atoms with Crippen LogP contribution in [0.15, 0.2) is 29.4 Å². The van der Waals surface area contributed by atoms with Crippen molar-refractivity contribution in [2.75, 3.05) is 14.2 Å². The molecule has 6 heteroatoms. The third-order valence-electron chi connectivity index (χ3n) is 3.84. The quantitative estimate of drug-likeness (QED) is 0.864. The van der Waals surface area contributed by atoms with E-state index in [1.165, 1.54) is 11.1 Å². The molecule has 0 spiro atoms. The summed E-state index contributed by atoms with van der Waals surface area (Å²) in [7, 11) is 3.78. The van der Waals surface area contributed by atoms with Crippen LogP contribution in [-0.2, 0) is 16.9 Å². The predicted molar refractivity (Wildman–Crippen MR) is 82.5 cm³/mol. The first kappa shape index (κ1) is 14.9. The van der Waals surface area contributed by atoms with E-state index >= 15 is 0 Å². The van der Waals surface area contributed by atoms with Crippen molar-refractivity contribution in [3.8, 4) is 0 Å². The summed E-state index contributed by atoms with van der Waals surface area (Å²) in [6.07, 6.45) is 2.61. The Bertz CT molecular complexity index is 537. The molecule has 2 unspecified atom stereocenters. The second-order valence-corrected chi connectivity index (χ2v) is 6.24. The smallest absolute Gasteiger partial charge is 0.180 e. The molecule has 0 amide bonds. The Hall–Kier alpha value is -0.550. The second kappa shape index (κ2) is 5.09. The molecule has 104 valence electrons. The molecule has 1 aromatic rings. The number of hydrogen-bond donors (Lipinski definition) is 1. The molecule has 1 fully saturated rings. The summed E-state index contributed by atoms with van der Waals surface area (Å²) in [6.45, 7) is 0. The van der Waals surface area contributed by atoms with Crippen LogP contribution in [0.4, 0.5) is 0 Å². The summed E-state index contributed by atoms with van der Waals surface area (Å²) < 4.78 is 5.90. The van der Waals surface area contributed by atoms with Gasteiger partial charge in [-0.15, -0.1) is 12.4 Å². The van der Waals surface area contributed by atoms with Gasteiger partial charge in [-0.05, 0) is 24.1 Å². The largest absolute Gasteiger partial charge is 0.403 e. The standard InChI is InChI=1S/C13H15ClN2OS.ClH/c1-16-12(7-15)18-11-6-8-5-9(14)3-4-10(8)13(11,16)17-2;/h3-5,7,11H,6,15H2,1-2H3;1H. The fraction of sp³-hybridized carbons (Fsp3) is 0.385. The van der Waals surface area contributed by atoms with Gasteiger partial charge in [-0.3, -0.25) is 0 Å². The van der Waals surface area contributed by atoms with Gasteiger partial charge in [-0.1, -0.05) is 29.4 Å². The van der Waals surface area contributed by atoms with E-state index in [0.717, 1.165) is 16.5 Å². The molecule has 1 heterocycles. The van der Waals surface area contributed by atoms with Crippen molar-refractivity contribution in [2.45, 2.75) is 17.4 Å². The van der Waals surface area contributed by atoms with E-state index in [0.29, 0.717) is 5.25 Å². The van der Waals surface area contributed by atoms with Crippen LogP contribution in [0.5, 0.6) is 0 Å². The van der Waals surface area contributed by atoms with E-state index in [9.17, 15) is 0 Å². The highest BCUT2D eigenvalue weighted by Crippen LogP contribution is 2.56. The number of nitrogens with zero attached hydrogens (tertiary/aromatic N) is 1.